The summed E-state index contributed by atoms with van der Waals surface area (Å²) in [5.74, 6) is -1.55. The number of benzene rings is 2. The lowest BCUT2D eigenvalue weighted by atomic mass is 10.1. The third kappa shape index (κ3) is 3.25. The Bertz CT molecular complexity index is 935. The summed E-state index contributed by atoms with van der Waals surface area (Å²) < 4.78 is 5.11. The van der Waals surface area contributed by atoms with Gasteiger partial charge >= 0.3 is 0 Å². The third-order valence-electron chi connectivity index (χ3n) is 4.63. The van der Waals surface area contributed by atoms with Gasteiger partial charge in [-0.1, -0.05) is 12.1 Å². The fourth-order valence-electron chi connectivity index (χ4n) is 3.24. The van der Waals surface area contributed by atoms with Crippen molar-refractivity contribution in [1.29, 1.82) is 0 Å². The average molecular weight is 379 g/mol. The number of hydrogen-bond acceptors (Lipinski definition) is 5. The van der Waals surface area contributed by atoms with Crippen molar-refractivity contribution in [2.24, 2.45) is 0 Å². The van der Waals surface area contributed by atoms with Crippen molar-refractivity contribution in [1.82, 2.24) is 4.90 Å². The Balaban J connectivity index is 1.40. The van der Waals surface area contributed by atoms with Crippen molar-refractivity contribution in [3.8, 4) is 0 Å². The van der Waals surface area contributed by atoms with Gasteiger partial charge in [0.1, 0.15) is 13.2 Å². The first-order valence-corrected chi connectivity index (χ1v) is 8.78. The van der Waals surface area contributed by atoms with E-state index in [4.69, 9.17) is 4.74 Å². The van der Waals surface area contributed by atoms with Crippen LogP contribution in [0.4, 0.5) is 11.4 Å². The second kappa shape index (κ2) is 7.24. The summed E-state index contributed by atoms with van der Waals surface area (Å²) in [5.41, 5.74) is 1.83. The molecule has 2 aromatic rings. The first kappa shape index (κ1) is 17.9. The number of nitrogens with zero attached hydrogens (tertiary/aromatic N) is 2. The quantitative estimate of drug-likeness (QED) is 0.808. The van der Waals surface area contributed by atoms with E-state index in [1.165, 1.54) is 0 Å². The van der Waals surface area contributed by atoms with Crippen molar-refractivity contribution in [3.63, 3.8) is 0 Å². The van der Waals surface area contributed by atoms with Crippen LogP contribution in [0, 0.1) is 0 Å². The van der Waals surface area contributed by atoms with Gasteiger partial charge in [0.2, 0.25) is 5.91 Å². The Labute approximate surface area is 160 Å². The normalized spacial score (nSPS) is 16.4. The van der Waals surface area contributed by atoms with E-state index in [-0.39, 0.29) is 19.1 Å². The molecule has 0 atom stereocenters. The number of ether oxygens (including phenoxy) is 1. The van der Waals surface area contributed by atoms with Crippen LogP contribution in [-0.4, -0.2) is 54.8 Å². The molecule has 0 aromatic heterocycles. The maximum absolute atomic E-state index is 12.3. The summed E-state index contributed by atoms with van der Waals surface area (Å²) in [6.45, 7) is 0.642. The molecule has 1 N–H and O–H groups in total. The van der Waals surface area contributed by atoms with Gasteiger partial charge in [0.25, 0.3) is 17.7 Å². The minimum absolute atomic E-state index is 0.0543. The number of nitrogens with one attached hydrogen (secondary N) is 1. The highest BCUT2D eigenvalue weighted by Gasteiger charge is 2.36. The van der Waals surface area contributed by atoms with E-state index >= 15 is 0 Å². The van der Waals surface area contributed by atoms with Gasteiger partial charge in [-0.15, -0.1) is 0 Å². The smallest absolute Gasteiger partial charge is 0.262 e. The molecule has 4 rings (SSSR count). The summed E-state index contributed by atoms with van der Waals surface area (Å²) >= 11 is 0. The van der Waals surface area contributed by atoms with Crippen LogP contribution >= 0.6 is 0 Å². The number of morpholine rings is 1. The molecule has 28 heavy (non-hydrogen) atoms. The maximum atomic E-state index is 12.3. The molecule has 8 heteroatoms. The van der Waals surface area contributed by atoms with Crippen LogP contribution in [0.3, 0.4) is 0 Å². The van der Waals surface area contributed by atoms with Gasteiger partial charge in [-0.25, -0.2) is 0 Å². The molecule has 4 amide bonds. The van der Waals surface area contributed by atoms with E-state index in [0.29, 0.717) is 35.7 Å². The van der Waals surface area contributed by atoms with Crippen molar-refractivity contribution in [2.45, 2.75) is 0 Å². The molecule has 2 aliphatic rings. The lowest BCUT2D eigenvalue weighted by molar-refractivity contribution is -0.125. The Morgan fingerprint density at radius 3 is 2.21 bits per heavy atom. The van der Waals surface area contributed by atoms with E-state index in [9.17, 15) is 19.2 Å². The molecule has 2 heterocycles. The van der Waals surface area contributed by atoms with Crippen LogP contribution in [0.15, 0.2) is 48.5 Å². The number of fused-ring (bicyclic) bond motifs is 1. The molecule has 0 aliphatic carbocycles. The molecule has 142 valence electrons. The van der Waals surface area contributed by atoms with E-state index < -0.39 is 17.7 Å². The average Bonchev–Trinajstić information content (AvgIpc) is 2.94. The van der Waals surface area contributed by atoms with Crippen molar-refractivity contribution >= 4 is 35.0 Å². The maximum Gasteiger partial charge on any atom is 0.262 e. The van der Waals surface area contributed by atoms with Crippen molar-refractivity contribution in [3.05, 3.63) is 59.7 Å². The van der Waals surface area contributed by atoms with E-state index in [1.54, 1.807) is 53.4 Å². The molecule has 8 nitrogen and oxygen atoms in total. The zero-order chi connectivity index (χ0) is 19.7. The molecule has 0 saturated carbocycles. The van der Waals surface area contributed by atoms with E-state index in [0.717, 1.165) is 4.90 Å². The monoisotopic (exact) mass is 379 g/mol. The van der Waals surface area contributed by atoms with Crippen LogP contribution in [0.25, 0.3) is 0 Å². The molecule has 0 bridgehead atoms. The molecule has 1 saturated heterocycles. The number of rotatable bonds is 4. The van der Waals surface area contributed by atoms with Crippen LogP contribution < -0.4 is 10.2 Å². The van der Waals surface area contributed by atoms with Gasteiger partial charge in [0.15, 0.2) is 0 Å². The van der Waals surface area contributed by atoms with Crippen LogP contribution in [-0.2, 0) is 14.3 Å². The number of carbonyl (C=O) groups is 4. The molecule has 0 radical (unpaired) electrons. The number of hydrogen-bond donors (Lipinski definition) is 1. The fourth-order valence-corrected chi connectivity index (χ4v) is 3.24. The first-order valence-electron chi connectivity index (χ1n) is 8.78. The van der Waals surface area contributed by atoms with Gasteiger partial charge in [0, 0.05) is 17.9 Å². The molecule has 1 fully saturated rings. The van der Waals surface area contributed by atoms with Gasteiger partial charge < -0.3 is 15.0 Å². The number of anilines is 2. The first-order chi connectivity index (χ1) is 13.5. The summed E-state index contributed by atoms with van der Waals surface area (Å²) in [6.07, 6.45) is 0. The number of amides is 4. The summed E-state index contributed by atoms with van der Waals surface area (Å²) in [4.78, 5) is 51.4. The van der Waals surface area contributed by atoms with Gasteiger partial charge in [0.05, 0.1) is 17.7 Å². The van der Waals surface area contributed by atoms with Crippen molar-refractivity contribution < 1.29 is 23.9 Å². The highest BCUT2D eigenvalue weighted by molar-refractivity contribution is 6.22. The van der Waals surface area contributed by atoms with E-state index in [1.807, 2.05) is 0 Å². The number of imide groups is 1. The van der Waals surface area contributed by atoms with Crippen LogP contribution in [0.5, 0.6) is 0 Å². The minimum Gasteiger partial charge on any atom is -0.370 e. The standard InChI is InChI=1S/C20H17N3O5/c24-17(11-23-19(26)15-3-1-2-4-16(15)20(23)27)21-13-5-7-14(8-6-13)22-9-10-28-12-18(22)25/h1-8H,9-12H2,(H,21,24). The topological polar surface area (TPSA) is 96.0 Å². The fraction of sp³-hybridized carbons (Fsp3) is 0.200. The highest BCUT2D eigenvalue weighted by atomic mass is 16.5. The molecule has 2 aromatic carbocycles. The number of carbonyl (C=O) groups excluding carboxylic acids is 4. The third-order valence-corrected chi connectivity index (χ3v) is 4.63. The lowest BCUT2D eigenvalue weighted by Crippen LogP contribution is -2.41. The molecular weight excluding hydrogens is 362 g/mol. The summed E-state index contributed by atoms with van der Waals surface area (Å²) in [7, 11) is 0. The largest absolute Gasteiger partial charge is 0.370 e. The molecular formula is C20H17N3O5. The predicted octanol–water partition coefficient (Wildman–Crippen LogP) is 1.28. The molecule has 0 spiro atoms. The van der Waals surface area contributed by atoms with Crippen molar-refractivity contribution in [2.75, 3.05) is 36.5 Å². The second-order valence-corrected chi connectivity index (χ2v) is 6.44. The summed E-state index contributed by atoms with van der Waals surface area (Å²) in [5, 5.41) is 2.66. The SMILES string of the molecule is O=C(CN1C(=O)c2ccccc2C1=O)Nc1ccc(N2CCOCC2=O)cc1. The predicted molar refractivity (Wildman–Crippen MR) is 100 cm³/mol. The van der Waals surface area contributed by atoms with Gasteiger partial charge in [-0.3, -0.25) is 24.1 Å². The Kier molecular flexibility index (Phi) is 4.62. The van der Waals surface area contributed by atoms with E-state index in [2.05, 4.69) is 5.32 Å². The molecule has 2 aliphatic heterocycles. The van der Waals surface area contributed by atoms with Crippen LogP contribution in [0.1, 0.15) is 20.7 Å². The highest BCUT2D eigenvalue weighted by Crippen LogP contribution is 2.23. The lowest BCUT2D eigenvalue weighted by Gasteiger charge is -2.26. The Morgan fingerprint density at radius 1 is 0.964 bits per heavy atom. The zero-order valence-electron chi connectivity index (χ0n) is 14.9. The van der Waals surface area contributed by atoms with Gasteiger partial charge in [-0.2, -0.15) is 0 Å². The Hall–Kier alpha value is -3.52. The zero-order valence-corrected chi connectivity index (χ0v) is 14.9. The van der Waals surface area contributed by atoms with Crippen LogP contribution in [0.2, 0.25) is 0 Å². The second-order valence-electron chi connectivity index (χ2n) is 6.44. The van der Waals surface area contributed by atoms with Gasteiger partial charge in [-0.05, 0) is 36.4 Å². The Morgan fingerprint density at radius 2 is 1.61 bits per heavy atom. The summed E-state index contributed by atoms with van der Waals surface area (Å²) in [6, 6.07) is 13.3. The minimum atomic E-state index is -0.482. The molecule has 0 unspecified atom stereocenters.